The number of morpholine rings is 1. The first-order chi connectivity index (χ1) is 16.4. The van der Waals surface area contributed by atoms with Gasteiger partial charge in [-0.05, 0) is 47.9 Å². The average molecular weight is 465 g/mol. The van der Waals surface area contributed by atoms with Gasteiger partial charge in [0.25, 0.3) is 0 Å². The highest BCUT2D eigenvalue weighted by Crippen LogP contribution is 2.30. The summed E-state index contributed by atoms with van der Waals surface area (Å²) in [6.45, 7) is 4.20. The largest absolute Gasteiger partial charge is 0.388 e. The third kappa shape index (κ3) is 5.66. The topological polar surface area (TPSA) is 75.7 Å². The van der Waals surface area contributed by atoms with Crippen LogP contribution in [-0.2, 0) is 27.2 Å². The van der Waals surface area contributed by atoms with Crippen molar-refractivity contribution < 1.29 is 23.5 Å². The second kappa shape index (κ2) is 10.8. The Hall–Kier alpha value is -3.16. The van der Waals surface area contributed by atoms with Gasteiger partial charge in [-0.25, -0.2) is 4.39 Å². The lowest BCUT2D eigenvalue weighted by Crippen LogP contribution is -2.36. The van der Waals surface area contributed by atoms with Crippen molar-refractivity contribution in [2.75, 3.05) is 45.2 Å². The maximum atomic E-state index is 13.9. The fourth-order valence-corrected chi connectivity index (χ4v) is 4.46. The molecule has 1 heterocycles. The minimum atomic E-state index is -0.425. The van der Waals surface area contributed by atoms with Gasteiger partial charge in [0.2, 0.25) is 0 Å². The summed E-state index contributed by atoms with van der Waals surface area (Å²) in [5.74, 6) is -0.927. The number of rotatable bonds is 9. The number of ether oxygens (including phenoxy) is 1. The third-order valence-corrected chi connectivity index (χ3v) is 6.38. The molecule has 1 N–H and O–H groups in total. The predicted molar refractivity (Wildman–Crippen MR) is 129 cm³/mol. The number of hydrogen-bond acceptors (Lipinski definition) is 6. The van der Waals surface area contributed by atoms with E-state index in [1.54, 1.807) is 31.3 Å². The fraction of sp³-hybridized carbons (Fsp3) is 0.370. The van der Waals surface area contributed by atoms with Crippen LogP contribution < -0.4 is 5.32 Å². The number of allylic oxidation sites excluding steroid dienone is 1. The molecule has 1 aliphatic heterocycles. The van der Waals surface area contributed by atoms with Gasteiger partial charge in [0.1, 0.15) is 5.82 Å². The zero-order valence-electron chi connectivity index (χ0n) is 19.4. The molecule has 178 valence electrons. The van der Waals surface area contributed by atoms with Crippen molar-refractivity contribution in [3.63, 3.8) is 0 Å². The first-order valence-corrected chi connectivity index (χ1v) is 11.6. The van der Waals surface area contributed by atoms with E-state index in [0.717, 1.165) is 44.8 Å². The van der Waals surface area contributed by atoms with E-state index in [0.29, 0.717) is 28.8 Å². The zero-order chi connectivity index (χ0) is 24.1. The Morgan fingerprint density at radius 3 is 2.53 bits per heavy atom. The van der Waals surface area contributed by atoms with E-state index in [1.165, 1.54) is 18.2 Å². The van der Waals surface area contributed by atoms with Gasteiger partial charge in [-0.2, -0.15) is 0 Å². The quantitative estimate of drug-likeness (QED) is 0.452. The van der Waals surface area contributed by atoms with Gasteiger partial charge in [0, 0.05) is 50.7 Å². The van der Waals surface area contributed by atoms with Gasteiger partial charge in [-0.15, -0.1) is 0 Å². The molecule has 7 heteroatoms. The van der Waals surface area contributed by atoms with Crippen LogP contribution in [0.3, 0.4) is 0 Å². The van der Waals surface area contributed by atoms with Crippen LogP contribution in [0.1, 0.15) is 39.9 Å². The van der Waals surface area contributed by atoms with E-state index in [2.05, 4.69) is 10.2 Å². The van der Waals surface area contributed by atoms with Gasteiger partial charge in [0.05, 0.1) is 18.8 Å². The molecule has 1 saturated heterocycles. The van der Waals surface area contributed by atoms with Crippen molar-refractivity contribution in [1.29, 1.82) is 0 Å². The third-order valence-electron chi connectivity index (χ3n) is 6.38. The van der Waals surface area contributed by atoms with Crippen LogP contribution in [0.2, 0.25) is 0 Å². The average Bonchev–Trinajstić information content (AvgIpc) is 2.84. The van der Waals surface area contributed by atoms with Gasteiger partial charge in [-0.1, -0.05) is 24.3 Å². The van der Waals surface area contributed by atoms with Crippen molar-refractivity contribution >= 4 is 29.1 Å². The number of benzene rings is 2. The molecule has 0 saturated carbocycles. The zero-order valence-corrected chi connectivity index (χ0v) is 19.4. The van der Waals surface area contributed by atoms with Crippen molar-refractivity contribution in [2.45, 2.75) is 25.7 Å². The Morgan fingerprint density at radius 2 is 1.82 bits per heavy atom. The molecule has 0 bridgehead atoms. The maximum Gasteiger partial charge on any atom is 0.170 e. The highest BCUT2D eigenvalue weighted by molar-refractivity contribution is 6.25. The van der Waals surface area contributed by atoms with Gasteiger partial charge < -0.3 is 10.1 Å². The van der Waals surface area contributed by atoms with E-state index in [-0.39, 0.29) is 35.8 Å². The molecule has 0 spiro atoms. The summed E-state index contributed by atoms with van der Waals surface area (Å²) in [7, 11) is 1.67. The Bertz CT molecular complexity index is 1120. The second-order valence-corrected chi connectivity index (χ2v) is 8.71. The number of anilines is 1. The number of carbonyl (C=O) groups is 3. The highest BCUT2D eigenvalue weighted by atomic mass is 19.1. The maximum absolute atomic E-state index is 13.9. The summed E-state index contributed by atoms with van der Waals surface area (Å²) in [6.07, 6.45) is 2.86. The molecule has 2 aliphatic rings. The molecular weight excluding hydrogens is 435 g/mol. The number of hydrogen-bond donors (Lipinski definition) is 1. The number of carbonyl (C=O) groups excluding carboxylic acids is 3. The SMILES string of the molecule is CNc1cc(F)cc2c1CC(=O)C(C(=O)Cc1ccc(C(=O)CCCN3CCOCC3)cc1)=C2. The molecule has 0 radical (unpaired) electrons. The first-order valence-electron chi connectivity index (χ1n) is 11.6. The van der Waals surface area contributed by atoms with E-state index in [1.807, 2.05) is 0 Å². The molecule has 1 fully saturated rings. The number of nitrogens with zero attached hydrogens (tertiary/aromatic N) is 1. The molecule has 2 aromatic carbocycles. The smallest absolute Gasteiger partial charge is 0.170 e. The lowest BCUT2D eigenvalue weighted by Gasteiger charge is -2.26. The summed E-state index contributed by atoms with van der Waals surface area (Å²) in [4.78, 5) is 40.3. The van der Waals surface area contributed by atoms with Crippen LogP contribution in [0.25, 0.3) is 6.08 Å². The Labute approximate surface area is 198 Å². The summed E-state index contributed by atoms with van der Waals surface area (Å²) in [6, 6.07) is 9.68. The van der Waals surface area contributed by atoms with Crippen LogP contribution in [0, 0.1) is 5.82 Å². The Kier molecular flexibility index (Phi) is 7.65. The second-order valence-electron chi connectivity index (χ2n) is 8.71. The number of fused-ring (bicyclic) bond motifs is 1. The molecule has 1 aliphatic carbocycles. The molecule has 0 atom stereocenters. The van der Waals surface area contributed by atoms with Crippen molar-refractivity contribution in [1.82, 2.24) is 4.90 Å². The molecule has 4 rings (SSSR count). The summed E-state index contributed by atoms with van der Waals surface area (Å²) in [5, 5.41) is 2.90. The van der Waals surface area contributed by atoms with E-state index >= 15 is 0 Å². The van der Waals surface area contributed by atoms with E-state index in [9.17, 15) is 18.8 Å². The molecule has 0 amide bonds. The van der Waals surface area contributed by atoms with Crippen molar-refractivity contribution in [3.8, 4) is 0 Å². The Morgan fingerprint density at radius 1 is 1.09 bits per heavy atom. The van der Waals surface area contributed by atoms with Crippen LogP contribution in [0.4, 0.5) is 10.1 Å². The van der Waals surface area contributed by atoms with Gasteiger partial charge in [-0.3, -0.25) is 19.3 Å². The Balaban J connectivity index is 1.36. The molecular formula is C27H29FN2O4. The molecule has 34 heavy (non-hydrogen) atoms. The van der Waals surface area contributed by atoms with Gasteiger partial charge in [0.15, 0.2) is 17.3 Å². The lowest BCUT2D eigenvalue weighted by atomic mass is 9.86. The number of Topliss-reactive ketones (excluding diaryl/α,β-unsaturated/α-hetero) is 3. The number of ketones is 3. The number of halogens is 1. The highest BCUT2D eigenvalue weighted by Gasteiger charge is 2.26. The molecule has 0 aromatic heterocycles. The van der Waals surface area contributed by atoms with Crippen molar-refractivity contribution in [3.05, 3.63) is 70.0 Å². The number of nitrogens with one attached hydrogen (secondary N) is 1. The van der Waals surface area contributed by atoms with E-state index < -0.39 is 5.82 Å². The lowest BCUT2D eigenvalue weighted by molar-refractivity contribution is -0.120. The summed E-state index contributed by atoms with van der Waals surface area (Å²) in [5.41, 5.74) is 3.23. The minimum absolute atomic E-state index is 0.0482. The first kappa shape index (κ1) is 24.0. The van der Waals surface area contributed by atoms with Crippen molar-refractivity contribution in [2.24, 2.45) is 0 Å². The molecule has 0 unspecified atom stereocenters. The normalized spacial score (nSPS) is 16.1. The predicted octanol–water partition coefficient (Wildman–Crippen LogP) is 3.48. The van der Waals surface area contributed by atoms with Gasteiger partial charge >= 0.3 is 0 Å². The van der Waals surface area contributed by atoms with E-state index in [4.69, 9.17) is 4.74 Å². The summed E-state index contributed by atoms with van der Waals surface area (Å²) < 4.78 is 19.3. The molecule has 2 aromatic rings. The summed E-state index contributed by atoms with van der Waals surface area (Å²) >= 11 is 0. The van der Waals surface area contributed by atoms with Crippen LogP contribution in [0.5, 0.6) is 0 Å². The molecule has 6 nitrogen and oxygen atoms in total. The van der Waals surface area contributed by atoms with Crippen LogP contribution in [0.15, 0.2) is 42.0 Å². The van der Waals surface area contributed by atoms with Crippen LogP contribution >= 0.6 is 0 Å². The standard InChI is InChI=1S/C27H29FN2O4/c1-29-24-16-21(28)14-20-15-23(27(33)17-22(20)24)26(32)13-18-4-6-19(7-5-18)25(31)3-2-8-30-9-11-34-12-10-30/h4-7,14-16,29H,2-3,8-13,17H2,1H3. The fourth-order valence-electron chi connectivity index (χ4n) is 4.46. The van der Waals surface area contributed by atoms with Crippen LogP contribution in [-0.4, -0.2) is 62.1 Å². The monoisotopic (exact) mass is 464 g/mol. The minimum Gasteiger partial charge on any atom is -0.388 e.